The lowest BCUT2D eigenvalue weighted by atomic mass is 10.1. The third-order valence-corrected chi connectivity index (χ3v) is 5.18. The highest BCUT2D eigenvalue weighted by Crippen LogP contribution is 2.38. The van der Waals surface area contributed by atoms with Gasteiger partial charge in [-0.25, -0.2) is 4.98 Å². The molecule has 1 amide bonds. The molecule has 0 spiro atoms. The van der Waals surface area contributed by atoms with Gasteiger partial charge in [-0.05, 0) is 30.3 Å². The number of hydrogen-bond donors (Lipinski definition) is 1. The Morgan fingerprint density at radius 2 is 1.71 bits per heavy atom. The first-order chi connectivity index (χ1) is 13.5. The summed E-state index contributed by atoms with van der Waals surface area (Å²) >= 11 is 13.5. The molecular weight excluding hydrogens is 423 g/mol. The molecule has 2 aromatic carbocycles. The predicted molar refractivity (Wildman–Crippen MR) is 112 cm³/mol. The van der Waals surface area contributed by atoms with Crippen molar-refractivity contribution in [3.8, 4) is 28.5 Å². The van der Waals surface area contributed by atoms with Gasteiger partial charge < -0.3 is 14.2 Å². The fourth-order valence-electron chi connectivity index (χ4n) is 2.53. The monoisotopic (exact) mass is 438 g/mol. The molecular formula is C19H16Cl2N2O4S. The normalized spacial score (nSPS) is 10.5. The number of methoxy groups -OCH3 is 3. The molecule has 9 heteroatoms. The summed E-state index contributed by atoms with van der Waals surface area (Å²) in [5.74, 6) is 0.820. The molecule has 0 radical (unpaired) electrons. The number of carbonyl (C=O) groups excluding carboxylic acids is 1. The Kier molecular flexibility index (Phi) is 6.28. The largest absolute Gasteiger partial charge is 0.493 e. The zero-order valence-electron chi connectivity index (χ0n) is 15.2. The van der Waals surface area contributed by atoms with Crippen molar-refractivity contribution >= 4 is 45.6 Å². The second-order valence-corrected chi connectivity index (χ2v) is 7.23. The Bertz CT molecular complexity index is 998. The molecule has 28 heavy (non-hydrogen) atoms. The Morgan fingerprint density at radius 3 is 2.32 bits per heavy atom. The molecule has 0 unspecified atom stereocenters. The molecule has 3 rings (SSSR count). The lowest BCUT2D eigenvalue weighted by Crippen LogP contribution is -2.12. The number of carbonyl (C=O) groups is 1. The lowest BCUT2D eigenvalue weighted by molar-refractivity contribution is 0.102. The van der Waals surface area contributed by atoms with E-state index in [0.29, 0.717) is 49.2 Å². The van der Waals surface area contributed by atoms with Crippen molar-refractivity contribution in [1.29, 1.82) is 0 Å². The van der Waals surface area contributed by atoms with Crippen LogP contribution < -0.4 is 19.5 Å². The van der Waals surface area contributed by atoms with E-state index in [9.17, 15) is 4.79 Å². The SMILES string of the molecule is COc1cc(C(=O)Nc2nc(-c3cc(Cl)ccc3Cl)cs2)cc(OC)c1OC. The minimum atomic E-state index is -0.364. The summed E-state index contributed by atoms with van der Waals surface area (Å²) in [7, 11) is 4.47. The number of nitrogens with zero attached hydrogens (tertiary/aromatic N) is 1. The maximum absolute atomic E-state index is 12.7. The number of nitrogens with one attached hydrogen (secondary N) is 1. The van der Waals surface area contributed by atoms with Gasteiger partial charge in [-0.3, -0.25) is 10.1 Å². The molecule has 0 aliphatic rings. The van der Waals surface area contributed by atoms with Crippen molar-refractivity contribution in [3.05, 3.63) is 51.3 Å². The molecule has 6 nitrogen and oxygen atoms in total. The Labute approximate surface area is 176 Å². The Balaban J connectivity index is 1.86. The van der Waals surface area contributed by atoms with E-state index < -0.39 is 0 Å². The van der Waals surface area contributed by atoms with Gasteiger partial charge in [-0.15, -0.1) is 11.3 Å². The maximum atomic E-state index is 12.7. The number of anilines is 1. The van der Waals surface area contributed by atoms with Crippen LogP contribution in [0.15, 0.2) is 35.7 Å². The molecule has 0 saturated carbocycles. The van der Waals surface area contributed by atoms with E-state index in [2.05, 4.69) is 10.3 Å². The number of amides is 1. The van der Waals surface area contributed by atoms with Crippen LogP contribution >= 0.6 is 34.5 Å². The van der Waals surface area contributed by atoms with Crippen LogP contribution in [0.1, 0.15) is 10.4 Å². The molecule has 146 valence electrons. The zero-order valence-corrected chi connectivity index (χ0v) is 17.5. The standard InChI is InChI=1S/C19H16Cl2N2O4S/c1-25-15-6-10(7-16(26-2)17(15)27-3)18(24)23-19-22-14(9-28-19)12-8-11(20)4-5-13(12)21/h4-9H,1-3H3,(H,22,23,24). The van der Waals surface area contributed by atoms with Crippen LogP contribution in [-0.4, -0.2) is 32.2 Å². The van der Waals surface area contributed by atoms with Crippen molar-refractivity contribution in [3.63, 3.8) is 0 Å². The van der Waals surface area contributed by atoms with Gasteiger partial charge in [0.25, 0.3) is 5.91 Å². The summed E-state index contributed by atoms with van der Waals surface area (Å²) in [4.78, 5) is 17.1. The van der Waals surface area contributed by atoms with Gasteiger partial charge in [0, 0.05) is 21.5 Å². The summed E-state index contributed by atoms with van der Waals surface area (Å²) < 4.78 is 15.8. The number of ether oxygens (including phenoxy) is 3. The van der Waals surface area contributed by atoms with Crippen LogP contribution in [0.5, 0.6) is 17.2 Å². The second-order valence-electron chi connectivity index (χ2n) is 5.53. The van der Waals surface area contributed by atoms with Crippen LogP contribution in [-0.2, 0) is 0 Å². The first-order valence-electron chi connectivity index (χ1n) is 7.99. The minimum absolute atomic E-state index is 0.340. The summed E-state index contributed by atoms with van der Waals surface area (Å²) in [6.45, 7) is 0. The first kappa shape index (κ1) is 20.3. The molecule has 0 aliphatic carbocycles. The van der Waals surface area contributed by atoms with Crippen molar-refractivity contribution < 1.29 is 19.0 Å². The average molecular weight is 439 g/mol. The highest BCUT2D eigenvalue weighted by molar-refractivity contribution is 7.14. The fourth-order valence-corrected chi connectivity index (χ4v) is 3.62. The molecule has 0 aliphatic heterocycles. The summed E-state index contributed by atoms with van der Waals surface area (Å²) in [5, 5.41) is 6.05. The third kappa shape index (κ3) is 4.16. The molecule has 3 aromatic rings. The first-order valence-corrected chi connectivity index (χ1v) is 9.62. The van der Waals surface area contributed by atoms with E-state index in [0.717, 1.165) is 0 Å². The van der Waals surface area contributed by atoms with Gasteiger partial charge in [0.1, 0.15) is 0 Å². The van der Waals surface area contributed by atoms with Crippen molar-refractivity contribution in [2.75, 3.05) is 26.6 Å². The van der Waals surface area contributed by atoms with Gasteiger partial charge in [0.2, 0.25) is 5.75 Å². The summed E-state index contributed by atoms with van der Waals surface area (Å²) in [6, 6.07) is 8.27. The van der Waals surface area contributed by atoms with Crippen LogP contribution in [0.3, 0.4) is 0 Å². The van der Waals surface area contributed by atoms with Crippen LogP contribution in [0.2, 0.25) is 10.0 Å². The highest BCUT2D eigenvalue weighted by atomic mass is 35.5. The molecule has 0 saturated heterocycles. The van der Waals surface area contributed by atoms with E-state index in [1.54, 1.807) is 35.7 Å². The molecule has 1 heterocycles. The van der Waals surface area contributed by atoms with Crippen LogP contribution in [0.4, 0.5) is 5.13 Å². The summed E-state index contributed by atoms with van der Waals surface area (Å²) in [6.07, 6.45) is 0. The number of benzene rings is 2. The molecule has 0 fully saturated rings. The minimum Gasteiger partial charge on any atom is -0.493 e. The van der Waals surface area contributed by atoms with E-state index in [1.807, 2.05) is 0 Å². The number of hydrogen-bond acceptors (Lipinski definition) is 6. The Morgan fingerprint density at radius 1 is 1.04 bits per heavy atom. The van der Waals surface area contributed by atoms with Gasteiger partial charge in [-0.2, -0.15) is 0 Å². The topological polar surface area (TPSA) is 69.7 Å². The highest BCUT2D eigenvalue weighted by Gasteiger charge is 2.18. The number of aromatic nitrogens is 1. The predicted octanol–water partition coefficient (Wildman–Crippen LogP) is 5.40. The second kappa shape index (κ2) is 8.68. The van der Waals surface area contributed by atoms with E-state index in [1.165, 1.54) is 32.7 Å². The van der Waals surface area contributed by atoms with Crippen molar-refractivity contribution in [2.45, 2.75) is 0 Å². The van der Waals surface area contributed by atoms with Gasteiger partial charge in [-0.1, -0.05) is 23.2 Å². The van der Waals surface area contributed by atoms with Gasteiger partial charge in [0.05, 0.1) is 32.0 Å². The fraction of sp³-hybridized carbons (Fsp3) is 0.158. The van der Waals surface area contributed by atoms with Crippen LogP contribution in [0, 0.1) is 0 Å². The zero-order chi connectivity index (χ0) is 20.3. The number of rotatable bonds is 6. The molecule has 0 bridgehead atoms. The van der Waals surface area contributed by atoms with Crippen LogP contribution in [0.25, 0.3) is 11.3 Å². The third-order valence-electron chi connectivity index (χ3n) is 3.86. The average Bonchev–Trinajstić information content (AvgIpc) is 3.16. The quantitative estimate of drug-likeness (QED) is 0.558. The van der Waals surface area contributed by atoms with Gasteiger partial charge in [0.15, 0.2) is 16.6 Å². The molecule has 1 aromatic heterocycles. The Hall–Kier alpha value is -2.48. The lowest BCUT2D eigenvalue weighted by Gasteiger charge is -2.13. The molecule has 0 atom stereocenters. The van der Waals surface area contributed by atoms with E-state index in [4.69, 9.17) is 37.4 Å². The maximum Gasteiger partial charge on any atom is 0.257 e. The van der Waals surface area contributed by atoms with Crippen molar-refractivity contribution in [2.24, 2.45) is 0 Å². The van der Waals surface area contributed by atoms with Crippen molar-refractivity contribution in [1.82, 2.24) is 4.98 Å². The smallest absolute Gasteiger partial charge is 0.257 e. The van der Waals surface area contributed by atoms with Gasteiger partial charge >= 0.3 is 0 Å². The van der Waals surface area contributed by atoms with E-state index >= 15 is 0 Å². The number of thiazole rings is 1. The number of halogens is 2. The van der Waals surface area contributed by atoms with E-state index in [-0.39, 0.29) is 5.91 Å². The molecule has 1 N–H and O–H groups in total. The summed E-state index contributed by atoms with van der Waals surface area (Å²) in [5.41, 5.74) is 1.66.